The zero-order valence-electron chi connectivity index (χ0n) is 21.2. The Kier molecular flexibility index (Phi) is 7.39. The van der Waals surface area contributed by atoms with E-state index in [0.29, 0.717) is 11.5 Å². The van der Waals surface area contributed by atoms with Crippen molar-refractivity contribution in [1.29, 1.82) is 0 Å². The third-order valence-electron chi connectivity index (χ3n) is 9.85. The predicted octanol–water partition coefficient (Wildman–Crippen LogP) is 6.44. The lowest BCUT2D eigenvalue weighted by Crippen LogP contribution is -2.47. The largest absolute Gasteiger partial charge is 0.388 e. The van der Waals surface area contributed by atoms with Gasteiger partial charge >= 0.3 is 0 Å². The van der Waals surface area contributed by atoms with Crippen LogP contribution in [0, 0.1) is 17.3 Å². The van der Waals surface area contributed by atoms with E-state index in [0.717, 1.165) is 36.7 Å². The lowest BCUT2D eigenvalue weighted by Gasteiger charge is -2.43. The summed E-state index contributed by atoms with van der Waals surface area (Å²) in [6.45, 7) is 13.6. The standard InChI is InChI=1S/C29H47NO2/c1-21-10-11-22(20-26(21)31)12-13-23-8-6-17-29(4)24(14-15-25(23)29)16-19-30-18-7-9-27(30)28(2,3)32-5/h12-13,24-27,31H,1,6-11,14-20H2,2-5H3/b22-12-,23-13+/t24-,25?,26?,27?,29?/m1/s1. The van der Waals surface area contributed by atoms with Crippen molar-refractivity contribution in [1.82, 2.24) is 4.90 Å². The van der Waals surface area contributed by atoms with Gasteiger partial charge < -0.3 is 9.84 Å². The van der Waals surface area contributed by atoms with Gasteiger partial charge in [0.25, 0.3) is 0 Å². The van der Waals surface area contributed by atoms with Crippen LogP contribution in [-0.4, -0.2) is 48.0 Å². The van der Waals surface area contributed by atoms with E-state index >= 15 is 0 Å². The Bertz CT molecular complexity index is 750. The van der Waals surface area contributed by atoms with Crippen molar-refractivity contribution in [3.8, 4) is 0 Å². The number of allylic oxidation sites excluding steroid dienone is 3. The van der Waals surface area contributed by atoms with Gasteiger partial charge in [-0.05, 0) is 120 Å². The molecule has 0 aromatic carbocycles. The van der Waals surface area contributed by atoms with Crippen LogP contribution in [0.4, 0.5) is 0 Å². The third-order valence-corrected chi connectivity index (χ3v) is 9.85. The van der Waals surface area contributed by atoms with Crippen LogP contribution in [0.5, 0.6) is 0 Å². The number of likely N-dealkylation sites (tertiary alicyclic amines) is 1. The number of fused-ring (bicyclic) bond motifs is 1. The van der Waals surface area contributed by atoms with Gasteiger partial charge in [-0.25, -0.2) is 0 Å². The van der Waals surface area contributed by atoms with Crippen LogP contribution in [0.15, 0.2) is 35.5 Å². The predicted molar refractivity (Wildman–Crippen MR) is 134 cm³/mol. The highest BCUT2D eigenvalue weighted by molar-refractivity contribution is 5.27. The number of hydrogen-bond donors (Lipinski definition) is 1. The summed E-state index contributed by atoms with van der Waals surface area (Å²) in [5, 5.41) is 10.2. The Morgan fingerprint density at radius 2 is 1.97 bits per heavy atom. The van der Waals surface area contributed by atoms with E-state index < -0.39 is 0 Å². The fourth-order valence-corrected chi connectivity index (χ4v) is 7.52. The molecular formula is C29H47NO2. The monoisotopic (exact) mass is 441 g/mol. The SMILES string of the molecule is C=C1CC/C(=C/C=C2\CCCC3(C)C2CC[C@@H]3CCN2CCCC2C(C)(C)OC)CC1O. The molecule has 1 saturated heterocycles. The van der Waals surface area contributed by atoms with Crippen LogP contribution in [0.1, 0.15) is 91.4 Å². The highest BCUT2D eigenvalue weighted by Crippen LogP contribution is 2.58. The fraction of sp³-hybridized carbons (Fsp3) is 0.793. The van der Waals surface area contributed by atoms with Crippen LogP contribution in [0.25, 0.3) is 0 Å². The molecule has 0 radical (unpaired) electrons. The Morgan fingerprint density at radius 3 is 2.72 bits per heavy atom. The molecule has 3 aliphatic carbocycles. The first-order valence-electron chi connectivity index (χ1n) is 13.3. The Balaban J connectivity index is 1.40. The topological polar surface area (TPSA) is 32.7 Å². The molecule has 0 amide bonds. The molecule has 3 nitrogen and oxygen atoms in total. The van der Waals surface area contributed by atoms with E-state index in [1.54, 1.807) is 5.57 Å². The molecule has 0 spiro atoms. The van der Waals surface area contributed by atoms with Crippen molar-refractivity contribution in [2.24, 2.45) is 17.3 Å². The maximum atomic E-state index is 10.2. The van der Waals surface area contributed by atoms with Gasteiger partial charge in [0.1, 0.15) is 0 Å². The van der Waals surface area contributed by atoms with Crippen molar-refractivity contribution in [2.75, 3.05) is 20.2 Å². The van der Waals surface area contributed by atoms with Gasteiger partial charge in [0.15, 0.2) is 0 Å². The molecule has 1 aliphatic heterocycles. The van der Waals surface area contributed by atoms with E-state index in [9.17, 15) is 5.11 Å². The minimum atomic E-state index is -0.335. The van der Waals surface area contributed by atoms with E-state index in [1.807, 2.05) is 7.11 Å². The number of methoxy groups -OCH3 is 1. The highest BCUT2D eigenvalue weighted by atomic mass is 16.5. The molecule has 1 N–H and O–H groups in total. The van der Waals surface area contributed by atoms with Crippen LogP contribution in [-0.2, 0) is 4.74 Å². The summed E-state index contributed by atoms with van der Waals surface area (Å²) >= 11 is 0. The van der Waals surface area contributed by atoms with Gasteiger partial charge in [-0.3, -0.25) is 4.90 Å². The lowest BCUT2D eigenvalue weighted by atomic mass is 9.63. The minimum Gasteiger partial charge on any atom is -0.388 e. The molecule has 0 aromatic rings. The minimum absolute atomic E-state index is 0.0497. The average molecular weight is 442 g/mol. The zero-order valence-corrected chi connectivity index (χ0v) is 21.2. The summed E-state index contributed by atoms with van der Waals surface area (Å²) in [6, 6.07) is 0.563. The van der Waals surface area contributed by atoms with Crippen LogP contribution >= 0.6 is 0 Å². The van der Waals surface area contributed by atoms with E-state index in [1.165, 1.54) is 70.0 Å². The summed E-state index contributed by atoms with van der Waals surface area (Å²) in [4.78, 5) is 2.73. The smallest absolute Gasteiger partial charge is 0.0784 e. The molecule has 0 bridgehead atoms. The summed E-state index contributed by atoms with van der Waals surface area (Å²) in [5.41, 5.74) is 4.51. The van der Waals surface area contributed by atoms with E-state index in [4.69, 9.17) is 4.74 Å². The molecule has 3 saturated carbocycles. The number of ether oxygens (including phenoxy) is 1. The first-order chi connectivity index (χ1) is 15.2. The van der Waals surface area contributed by atoms with E-state index in [-0.39, 0.29) is 11.7 Å². The number of aliphatic hydroxyl groups excluding tert-OH is 1. The van der Waals surface area contributed by atoms with Gasteiger partial charge in [-0.1, -0.05) is 36.8 Å². The maximum absolute atomic E-state index is 10.2. The van der Waals surface area contributed by atoms with Crippen molar-refractivity contribution in [2.45, 2.75) is 109 Å². The maximum Gasteiger partial charge on any atom is 0.0784 e. The van der Waals surface area contributed by atoms with Gasteiger partial charge in [0, 0.05) is 13.2 Å². The van der Waals surface area contributed by atoms with E-state index in [2.05, 4.69) is 44.4 Å². The van der Waals surface area contributed by atoms with Crippen molar-refractivity contribution in [3.63, 3.8) is 0 Å². The molecule has 180 valence electrons. The van der Waals surface area contributed by atoms with Crippen molar-refractivity contribution in [3.05, 3.63) is 35.5 Å². The second-order valence-electron chi connectivity index (χ2n) is 11.9. The fourth-order valence-electron chi connectivity index (χ4n) is 7.52. The second-order valence-corrected chi connectivity index (χ2v) is 11.9. The van der Waals surface area contributed by atoms with Gasteiger partial charge in [0.05, 0.1) is 11.7 Å². The Morgan fingerprint density at radius 1 is 1.16 bits per heavy atom. The van der Waals surface area contributed by atoms with Gasteiger partial charge in [0.2, 0.25) is 0 Å². The van der Waals surface area contributed by atoms with Gasteiger partial charge in [-0.2, -0.15) is 0 Å². The molecule has 4 rings (SSSR count). The molecule has 5 atom stereocenters. The second kappa shape index (κ2) is 9.76. The molecule has 4 unspecified atom stereocenters. The van der Waals surface area contributed by atoms with Crippen LogP contribution in [0.3, 0.4) is 0 Å². The van der Waals surface area contributed by atoms with Crippen LogP contribution < -0.4 is 0 Å². The highest BCUT2D eigenvalue weighted by Gasteiger charge is 2.49. The summed E-state index contributed by atoms with van der Waals surface area (Å²) < 4.78 is 5.86. The van der Waals surface area contributed by atoms with Crippen molar-refractivity contribution >= 4 is 0 Å². The molecule has 32 heavy (non-hydrogen) atoms. The number of hydrogen-bond acceptors (Lipinski definition) is 3. The Labute approximate surface area is 197 Å². The number of rotatable bonds is 6. The quantitative estimate of drug-likeness (QED) is 0.482. The first kappa shape index (κ1) is 24.2. The third kappa shape index (κ3) is 4.81. The first-order valence-corrected chi connectivity index (χ1v) is 13.3. The number of aliphatic hydroxyl groups is 1. The van der Waals surface area contributed by atoms with Crippen LogP contribution in [0.2, 0.25) is 0 Å². The van der Waals surface area contributed by atoms with Gasteiger partial charge in [-0.15, -0.1) is 0 Å². The molecule has 0 aromatic heterocycles. The summed E-state index contributed by atoms with van der Waals surface area (Å²) in [5.74, 6) is 1.60. The molecule has 1 heterocycles. The Hall–Kier alpha value is -0.900. The molecule has 4 fully saturated rings. The molecule has 3 heteroatoms. The average Bonchev–Trinajstić information content (AvgIpc) is 3.37. The molecular weight excluding hydrogens is 394 g/mol. The summed E-state index contributed by atoms with van der Waals surface area (Å²) in [7, 11) is 1.87. The lowest BCUT2D eigenvalue weighted by molar-refractivity contribution is -0.0421. The normalized spacial score (nSPS) is 39.2. The molecule has 4 aliphatic rings. The number of nitrogens with zero attached hydrogens (tertiary/aromatic N) is 1. The summed E-state index contributed by atoms with van der Waals surface area (Å²) in [6.07, 6.45) is 17.9. The van der Waals surface area contributed by atoms with Crippen molar-refractivity contribution < 1.29 is 9.84 Å². The zero-order chi connectivity index (χ0) is 22.9.